The first kappa shape index (κ1) is 15.5. The number of hydrogen-bond acceptors (Lipinski definition) is 4. The van der Waals surface area contributed by atoms with E-state index in [0.29, 0.717) is 25.4 Å². The third kappa shape index (κ3) is 8.81. The van der Waals surface area contributed by atoms with E-state index in [1.807, 2.05) is 13.8 Å². The van der Waals surface area contributed by atoms with Crippen LogP contribution in [-0.4, -0.2) is 37.1 Å². The van der Waals surface area contributed by atoms with E-state index in [2.05, 4.69) is 0 Å². The van der Waals surface area contributed by atoms with Gasteiger partial charge in [-0.25, -0.2) is 0 Å². The molecule has 0 aromatic heterocycles. The van der Waals surface area contributed by atoms with Crippen LogP contribution in [0.1, 0.15) is 34.1 Å². The zero-order valence-electron chi connectivity index (χ0n) is 10.6. The fourth-order valence-electron chi connectivity index (χ4n) is 1.11. The van der Waals surface area contributed by atoms with Crippen molar-refractivity contribution in [3.8, 4) is 0 Å². The lowest BCUT2D eigenvalue weighted by Gasteiger charge is -2.07. The predicted molar refractivity (Wildman–Crippen MR) is 64.3 cm³/mol. The molecule has 0 aromatic rings. The van der Waals surface area contributed by atoms with Crippen LogP contribution >= 0.6 is 7.80 Å². The van der Waals surface area contributed by atoms with Crippen molar-refractivity contribution in [1.29, 1.82) is 0 Å². The Morgan fingerprint density at radius 2 is 1.94 bits per heavy atom. The molecule has 0 spiro atoms. The molecule has 94 valence electrons. The summed E-state index contributed by atoms with van der Waals surface area (Å²) in [6.07, 6.45) is 1.20. The Hall–Kier alpha value is -0.470. The average molecular weight is 249 g/mol. The Kier molecular flexibility index (Phi) is 8.40. The van der Waals surface area contributed by atoms with Crippen LogP contribution in [0.3, 0.4) is 0 Å². The molecular formula is C11H22O4P+. The third-order valence-corrected chi connectivity index (χ3v) is 3.48. The van der Waals surface area contributed by atoms with Crippen LogP contribution < -0.4 is 0 Å². The maximum atomic E-state index is 11.6. The molecule has 4 nitrogen and oxygen atoms in total. The summed E-state index contributed by atoms with van der Waals surface area (Å²) in [4.78, 5) is 11.0. The van der Waals surface area contributed by atoms with Gasteiger partial charge in [0.05, 0.1) is 12.7 Å². The van der Waals surface area contributed by atoms with E-state index in [1.165, 1.54) is 0 Å². The predicted octanol–water partition coefficient (Wildman–Crippen LogP) is 2.58. The summed E-state index contributed by atoms with van der Waals surface area (Å²) in [6, 6.07) is 0. The summed E-state index contributed by atoms with van der Waals surface area (Å²) >= 11 is 0. The maximum Gasteiger partial charge on any atom is 0.345 e. The minimum atomic E-state index is -1.34. The molecule has 0 aliphatic rings. The molecule has 2 atom stereocenters. The second-order valence-corrected chi connectivity index (χ2v) is 5.74. The van der Waals surface area contributed by atoms with Crippen LogP contribution in [-0.2, 0) is 18.8 Å². The van der Waals surface area contributed by atoms with Gasteiger partial charge in [-0.05, 0) is 20.8 Å². The number of rotatable bonds is 8. The number of esters is 1. The number of hydrogen-bond donors (Lipinski definition) is 0. The van der Waals surface area contributed by atoms with Crippen LogP contribution in [0.4, 0.5) is 0 Å². The Labute approximate surface area is 98.5 Å². The summed E-state index contributed by atoms with van der Waals surface area (Å²) in [5.74, 6) is -0.241. The van der Waals surface area contributed by atoms with Crippen molar-refractivity contribution in [2.75, 3.05) is 18.9 Å². The van der Waals surface area contributed by atoms with E-state index in [4.69, 9.17) is 9.47 Å². The first-order valence-corrected chi connectivity index (χ1v) is 7.31. The second kappa shape index (κ2) is 8.66. The largest absolute Gasteiger partial charge is 0.458 e. The molecule has 0 aliphatic carbocycles. The maximum absolute atomic E-state index is 11.6. The van der Waals surface area contributed by atoms with Crippen LogP contribution in [0, 0.1) is 0 Å². The summed E-state index contributed by atoms with van der Waals surface area (Å²) in [6.45, 7) is 7.90. The molecule has 0 rings (SSSR count). The van der Waals surface area contributed by atoms with Crippen molar-refractivity contribution in [2.24, 2.45) is 0 Å². The van der Waals surface area contributed by atoms with Crippen molar-refractivity contribution in [3.63, 3.8) is 0 Å². The molecule has 0 fully saturated rings. The minimum absolute atomic E-state index is 0.166. The summed E-state index contributed by atoms with van der Waals surface area (Å²) in [7, 11) is -1.34. The lowest BCUT2D eigenvalue weighted by atomic mass is 10.4. The zero-order valence-corrected chi connectivity index (χ0v) is 11.5. The van der Waals surface area contributed by atoms with Gasteiger partial charge in [0.15, 0.2) is 12.3 Å². The van der Waals surface area contributed by atoms with Crippen LogP contribution in [0.5, 0.6) is 0 Å². The fraction of sp³-hybridized carbons (Fsp3) is 0.909. The Morgan fingerprint density at radius 1 is 1.31 bits per heavy atom. The highest BCUT2D eigenvalue weighted by molar-refractivity contribution is 7.44. The van der Waals surface area contributed by atoms with Gasteiger partial charge in [-0.3, -0.25) is 4.79 Å². The van der Waals surface area contributed by atoms with E-state index >= 15 is 0 Å². The second-order valence-electron chi connectivity index (χ2n) is 3.96. The normalized spacial score (nSPS) is 13.7. The molecule has 0 aromatic carbocycles. The Bertz CT molecular complexity index is 228. The molecule has 5 heteroatoms. The third-order valence-electron chi connectivity index (χ3n) is 1.87. The highest BCUT2D eigenvalue weighted by Crippen LogP contribution is 2.22. The Balaban J connectivity index is 3.66. The van der Waals surface area contributed by atoms with Crippen LogP contribution in [0.15, 0.2) is 0 Å². The molecule has 0 N–H and O–H groups in total. The highest BCUT2D eigenvalue weighted by atomic mass is 31.1. The molecular weight excluding hydrogens is 227 g/mol. The van der Waals surface area contributed by atoms with Crippen molar-refractivity contribution in [3.05, 3.63) is 0 Å². The standard InChI is InChI=1S/C11H22O4P/c1-5-11(12)15-10(4)8-16(13)7-6-14-9(2)3/h9-10H,5-8H2,1-4H3/q+1. The van der Waals surface area contributed by atoms with E-state index in [1.54, 1.807) is 13.8 Å². The van der Waals surface area contributed by atoms with E-state index < -0.39 is 7.80 Å². The molecule has 0 heterocycles. The summed E-state index contributed by atoms with van der Waals surface area (Å²) in [5, 5.41) is 0. The van der Waals surface area contributed by atoms with Gasteiger partial charge in [-0.15, -0.1) is 0 Å². The summed E-state index contributed by atoms with van der Waals surface area (Å²) < 4.78 is 21.9. The molecule has 0 bridgehead atoms. The van der Waals surface area contributed by atoms with Gasteiger partial charge < -0.3 is 9.47 Å². The molecule has 2 unspecified atom stereocenters. The Morgan fingerprint density at radius 3 is 2.44 bits per heavy atom. The topological polar surface area (TPSA) is 52.6 Å². The first-order valence-electron chi connectivity index (χ1n) is 5.68. The molecule has 0 amide bonds. The lowest BCUT2D eigenvalue weighted by molar-refractivity contribution is -0.146. The van der Waals surface area contributed by atoms with Crippen molar-refractivity contribution < 1.29 is 18.8 Å². The highest BCUT2D eigenvalue weighted by Gasteiger charge is 2.22. The van der Waals surface area contributed by atoms with Gasteiger partial charge >= 0.3 is 13.8 Å². The summed E-state index contributed by atoms with van der Waals surface area (Å²) in [5.41, 5.74) is 0. The first-order chi connectivity index (χ1) is 7.45. The lowest BCUT2D eigenvalue weighted by Crippen LogP contribution is -2.17. The minimum Gasteiger partial charge on any atom is -0.458 e. The monoisotopic (exact) mass is 249 g/mol. The van der Waals surface area contributed by atoms with Gasteiger partial charge in [-0.1, -0.05) is 11.5 Å². The van der Waals surface area contributed by atoms with Crippen molar-refractivity contribution in [2.45, 2.75) is 46.3 Å². The number of carbonyl (C=O) groups excluding carboxylic acids is 1. The molecule has 16 heavy (non-hydrogen) atoms. The van der Waals surface area contributed by atoms with Crippen molar-refractivity contribution in [1.82, 2.24) is 0 Å². The SMILES string of the molecule is CCC(=O)OC(C)C[P+](=O)CCOC(C)C. The number of ether oxygens (including phenoxy) is 2. The van der Waals surface area contributed by atoms with Crippen LogP contribution in [0.25, 0.3) is 0 Å². The molecule has 0 radical (unpaired) electrons. The fourth-order valence-corrected chi connectivity index (χ4v) is 2.25. The molecule has 0 saturated heterocycles. The van der Waals surface area contributed by atoms with Gasteiger partial charge in [0.1, 0.15) is 6.10 Å². The smallest absolute Gasteiger partial charge is 0.345 e. The molecule has 0 saturated carbocycles. The average Bonchev–Trinajstić information content (AvgIpc) is 2.16. The van der Waals surface area contributed by atoms with Crippen LogP contribution in [0.2, 0.25) is 0 Å². The van der Waals surface area contributed by atoms with E-state index in [0.717, 1.165) is 0 Å². The van der Waals surface area contributed by atoms with E-state index in [9.17, 15) is 9.36 Å². The van der Waals surface area contributed by atoms with Crippen molar-refractivity contribution >= 4 is 13.8 Å². The van der Waals surface area contributed by atoms with E-state index in [-0.39, 0.29) is 18.2 Å². The van der Waals surface area contributed by atoms with Gasteiger partial charge in [-0.2, -0.15) is 0 Å². The zero-order chi connectivity index (χ0) is 12.6. The molecule has 0 aliphatic heterocycles. The van der Waals surface area contributed by atoms with Gasteiger partial charge in [0.25, 0.3) is 0 Å². The van der Waals surface area contributed by atoms with Gasteiger partial charge in [0, 0.05) is 6.42 Å². The quantitative estimate of drug-likeness (QED) is 0.490. The van der Waals surface area contributed by atoms with Gasteiger partial charge in [0.2, 0.25) is 0 Å². The number of carbonyl (C=O) groups is 1.